The van der Waals surface area contributed by atoms with Gasteiger partial charge in [0.2, 0.25) is 0 Å². The highest BCUT2D eigenvalue weighted by Gasteiger charge is 2.13. The molecule has 2 aromatic rings. The molecule has 0 aliphatic heterocycles. The summed E-state index contributed by atoms with van der Waals surface area (Å²) in [4.78, 5) is 36.1. The van der Waals surface area contributed by atoms with Gasteiger partial charge in [-0.1, -0.05) is 29.8 Å². The molecule has 126 valence electrons. The number of imide groups is 1. The van der Waals surface area contributed by atoms with Crippen LogP contribution >= 0.6 is 34.7 Å². The number of amides is 2. The molecule has 1 aromatic carbocycles. The topological polar surface area (TPSA) is 72.5 Å². The van der Waals surface area contributed by atoms with Gasteiger partial charge in [0.05, 0.1) is 16.3 Å². The van der Waals surface area contributed by atoms with E-state index in [1.54, 1.807) is 23.6 Å². The smallest absolute Gasteiger partial charge is 0.307 e. The number of rotatable bonds is 7. The number of carbonyl (C=O) groups excluding carboxylic acids is 3. The molecule has 0 bridgehead atoms. The van der Waals surface area contributed by atoms with E-state index in [9.17, 15) is 14.4 Å². The molecule has 24 heavy (non-hydrogen) atoms. The van der Waals surface area contributed by atoms with Gasteiger partial charge in [0.1, 0.15) is 0 Å². The Morgan fingerprint density at radius 1 is 1.17 bits per heavy atom. The van der Waals surface area contributed by atoms with Gasteiger partial charge in [-0.05, 0) is 23.6 Å². The number of esters is 1. The van der Waals surface area contributed by atoms with Gasteiger partial charge in [-0.15, -0.1) is 23.1 Å². The van der Waals surface area contributed by atoms with E-state index in [0.717, 1.165) is 4.90 Å². The summed E-state index contributed by atoms with van der Waals surface area (Å²) in [7, 11) is 0. The molecule has 0 fully saturated rings. The van der Waals surface area contributed by atoms with Crippen LogP contribution in [0.15, 0.2) is 46.7 Å². The van der Waals surface area contributed by atoms with Crippen molar-refractivity contribution < 1.29 is 19.1 Å². The second-order valence-corrected chi connectivity index (χ2v) is 7.04. The Labute approximate surface area is 152 Å². The molecule has 0 aliphatic carbocycles. The summed E-state index contributed by atoms with van der Waals surface area (Å²) in [6.45, 7) is -0.479. The molecule has 2 rings (SSSR count). The summed E-state index contributed by atoms with van der Waals surface area (Å²) < 4.78 is 4.84. The zero-order valence-corrected chi connectivity index (χ0v) is 14.9. The largest absolute Gasteiger partial charge is 0.456 e. The molecular weight excluding hydrogens is 370 g/mol. The molecule has 0 atom stereocenters. The summed E-state index contributed by atoms with van der Waals surface area (Å²) >= 11 is 8.67. The standard InChI is InChI=1S/C16H14ClNO4S2/c17-11-4-1-2-5-12(11)24-9-7-15(20)22-10-14(19)18-16(21)13-6-3-8-23-13/h1-6,8H,7,9-10H2,(H,18,19,21). The zero-order valence-electron chi connectivity index (χ0n) is 12.5. The number of hydrogen-bond acceptors (Lipinski definition) is 6. The van der Waals surface area contributed by atoms with Gasteiger partial charge in [0.15, 0.2) is 6.61 Å². The zero-order chi connectivity index (χ0) is 17.4. The van der Waals surface area contributed by atoms with Crippen LogP contribution in [-0.2, 0) is 14.3 Å². The maximum Gasteiger partial charge on any atom is 0.307 e. The fraction of sp³-hybridized carbons (Fsp3) is 0.188. The lowest BCUT2D eigenvalue weighted by Crippen LogP contribution is -2.33. The molecule has 0 unspecified atom stereocenters. The third-order valence-corrected chi connectivity index (χ3v) is 5.15. The predicted octanol–water partition coefficient (Wildman–Crippen LogP) is 3.38. The third-order valence-electron chi connectivity index (χ3n) is 2.76. The fourth-order valence-corrected chi connectivity index (χ4v) is 3.44. The van der Waals surface area contributed by atoms with Crippen molar-refractivity contribution in [2.24, 2.45) is 0 Å². The van der Waals surface area contributed by atoms with Gasteiger partial charge < -0.3 is 4.74 Å². The molecule has 8 heteroatoms. The Bertz CT molecular complexity index is 719. The van der Waals surface area contributed by atoms with Crippen molar-refractivity contribution in [3.05, 3.63) is 51.7 Å². The van der Waals surface area contributed by atoms with Crippen LogP contribution in [0.25, 0.3) is 0 Å². The molecule has 5 nitrogen and oxygen atoms in total. The Morgan fingerprint density at radius 3 is 2.67 bits per heavy atom. The molecular formula is C16H14ClNO4S2. The van der Waals surface area contributed by atoms with Crippen LogP contribution in [-0.4, -0.2) is 30.1 Å². The molecule has 0 spiro atoms. The highest BCUT2D eigenvalue weighted by molar-refractivity contribution is 7.99. The monoisotopic (exact) mass is 383 g/mol. The molecule has 1 aromatic heterocycles. The summed E-state index contributed by atoms with van der Waals surface area (Å²) in [6, 6.07) is 10.6. The summed E-state index contributed by atoms with van der Waals surface area (Å²) in [6.07, 6.45) is 0.141. The number of hydrogen-bond donors (Lipinski definition) is 1. The Balaban J connectivity index is 1.65. The minimum Gasteiger partial charge on any atom is -0.456 e. The van der Waals surface area contributed by atoms with Crippen molar-refractivity contribution >= 4 is 52.5 Å². The van der Waals surface area contributed by atoms with Gasteiger partial charge >= 0.3 is 5.97 Å². The molecule has 1 N–H and O–H groups in total. The molecule has 0 aliphatic rings. The molecule has 2 amide bonds. The fourth-order valence-electron chi connectivity index (χ4n) is 1.66. The second-order valence-electron chi connectivity index (χ2n) is 4.54. The molecule has 0 saturated heterocycles. The highest BCUT2D eigenvalue weighted by Crippen LogP contribution is 2.26. The van der Waals surface area contributed by atoms with E-state index >= 15 is 0 Å². The van der Waals surface area contributed by atoms with E-state index in [0.29, 0.717) is 15.7 Å². The summed E-state index contributed by atoms with van der Waals surface area (Å²) in [5, 5.41) is 4.52. The van der Waals surface area contributed by atoms with Crippen LogP contribution in [0.1, 0.15) is 16.1 Å². The first-order valence-corrected chi connectivity index (χ1v) is 9.21. The third kappa shape index (κ3) is 5.99. The van der Waals surface area contributed by atoms with E-state index in [2.05, 4.69) is 5.32 Å². The normalized spacial score (nSPS) is 10.2. The maximum absolute atomic E-state index is 11.6. The predicted molar refractivity (Wildman–Crippen MR) is 94.5 cm³/mol. The van der Waals surface area contributed by atoms with Gasteiger partial charge in [-0.25, -0.2) is 0 Å². The van der Waals surface area contributed by atoms with Crippen molar-refractivity contribution in [1.29, 1.82) is 0 Å². The number of nitrogens with one attached hydrogen (secondary N) is 1. The van der Waals surface area contributed by atoms with Crippen LogP contribution in [0.2, 0.25) is 5.02 Å². The van der Waals surface area contributed by atoms with Gasteiger partial charge in [0.25, 0.3) is 11.8 Å². The van der Waals surface area contributed by atoms with Crippen molar-refractivity contribution in [3.63, 3.8) is 0 Å². The van der Waals surface area contributed by atoms with E-state index in [4.69, 9.17) is 16.3 Å². The first kappa shape index (κ1) is 18.5. The molecule has 0 saturated carbocycles. The van der Waals surface area contributed by atoms with E-state index in [-0.39, 0.29) is 6.42 Å². The summed E-state index contributed by atoms with van der Waals surface area (Å²) in [5.74, 6) is -1.17. The SMILES string of the molecule is O=C(COC(=O)CCSc1ccccc1Cl)NC(=O)c1cccs1. The number of carbonyl (C=O) groups is 3. The van der Waals surface area contributed by atoms with E-state index in [1.807, 2.05) is 18.2 Å². The minimum absolute atomic E-state index is 0.141. The first-order chi connectivity index (χ1) is 11.6. The van der Waals surface area contributed by atoms with Crippen LogP contribution in [0, 0.1) is 0 Å². The Hall–Kier alpha value is -1.83. The Morgan fingerprint density at radius 2 is 1.96 bits per heavy atom. The number of thiophene rings is 1. The van der Waals surface area contributed by atoms with Gasteiger partial charge in [-0.2, -0.15) is 0 Å². The van der Waals surface area contributed by atoms with Gasteiger partial charge in [-0.3, -0.25) is 19.7 Å². The van der Waals surface area contributed by atoms with Crippen LogP contribution < -0.4 is 5.32 Å². The average molecular weight is 384 g/mol. The van der Waals surface area contributed by atoms with Crippen LogP contribution in [0.4, 0.5) is 0 Å². The molecule has 1 heterocycles. The van der Waals surface area contributed by atoms with Gasteiger partial charge in [0, 0.05) is 10.6 Å². The minimum atomic E-state index is -0.652. The number of halogens is 1. The number of ether oxygens (including phenoxy) is 1. The van der Waals surface area contributed by atoms with Crippen molar-refractivity contribution in [1.82, 2.24) is 5.32 Å². The van der Waals surface area contributed by atoms with E-state index < -0.39 is 24.4 Å². The van der Waals surface area contributed by atoms with Crippen LogP contribution in [0.3, 0.4) is 0 Å². The second kappa shape index (κ2) is 9.46. The first-order valence-electron chi connectivity index (χ1n) is 6.97. The van der Waals surface area contributed by atoms with Crippen molar-refractivity contribution in [2.75, 3.05) is 12.4 Å². The molecule has 0 radical (unpaired) electrons. The van der Waals surface area contributed by atoms with Crippen LogP contribution in [0.5, 0.6) is 0 Å². The lowest BCUT2D eigenvalue weighted by atomic mass is 10.4. The summed E-state index contributed by atoms with van der Waals surface area (Å²) in [5.41, 5.74) is 0. The number of benzene rings is 1. The quantitative estimate of drug-likeness (QED) is 0.586. The highest BCUT2D eigenvalue weighted by atomic mass is 35.5. The lowest BCUT2D eigenvalue weighted by molar-refractivity contribution is -0.147. The average Bonchev–Trinajstić information content (AvgIpc) is 3.09. The van der Waals surface area contributed by atoms with Crippen molar-refractivity contribution in [2.45, 2.75) is 11.3 Å². The van der Waals surface area contributed by atoms with Crippen molar-refractivity contribution in [3.8, 4) is 0 Å². The maximum atomic E-state index is 11.6. The van der Waals surface area contributed by atoms with E-state index in [1.165, 1.54) is 23.1 Å². The Kier molecular flexibility index (Phi) is 7.30. The number of thioether (sulfide) groups is 1. The lowest BCUT2D eigenvalue weighted by Gasteiger charge is -2.06.